The second-order valence-corrected chi connectivity index (χ2v) is 9.50. The molecule has 4 aromatic heterocycles. The minimum Gasteiger partial charge on any atom is -0.492 e. The number of halogens is 1. The van der Waals surface area contributed by atoms with Crippen molar-refractivity contribution in [1.29, 1.82) is 5.26 Å². The third-order valence-electron chi connectivity index (χ3n) is 7.22. The van der Waals surface area contributed by atoms with Gasteiger partial charge in [-0.2, -0.15) is 10.4 Å². The van der Waals surface area contributed by atoms with Gasteiger partial charge in [-0.15, -0.1) is 0 Å². The highest BCUT2D eigenvalue weighted by atomic mass is 19.1. The highest BCUT2D eigenvalue weighted by molar-refractivity contribution is 5.85. The number of fused-ring (bicyclic) bond motifs is 3. The van der Waals surface area contributed by atoms with Crippen molar-refractivity contribution in [3.8, 4) is 22.9 Å². The molecule has 3 atom stereocenters. The van der Waals surface area contributed by atoms with Crippen molar-refractivity contribution < 1.29 is 9.13 Å². The minimum atomic E-state index is -0.306. The number of aryl methyl sites for hydroxylation is 1. The van der Waals surface area contributed by atoms with Crippen LogP contribution < -0.4 is 15.0 Å². The number of nitrogens with one attached hydrogen (secondary N) is 1. The number of hydrogen-bond donors (Lipinski definition) is 1. The first-order chi connectivity index (χ1) is 17.5. The summed E-state index contributed by atoms with van der Waals surface area (Å²) in [5, 5.41) is 17.2. The quantitative estimate of drug-likeness (QED) is 0.433. The normalized spacial score (nSPS) is 20.6. The van der Waals surface area contributed by atoms with Crippen molar-refractivity contribution in [2.24, 2.45) is 11.8 Å². The molecule has 0 amide bonds. The number of aromatic nitrogens is 4. The molecule has 36 heavy (non-hydrogen) atoms. The Kier molecular flexibility index (Phi) is 5.44. The van der Waals surface area contributed by atoms with E-state index >= 15 is 0 Å². The van der Waals surface area contributed by atoms with Crippen molar-refractivity contribution in [2.45, 2.75) is 26.3 Å². The standard InChI is InChI=1S/C27H26FN7O/c1-3-36-21-9-22(26-20(10-29)12-31-35(26)15-21)17-5-7-24(30-11-17)34-13-18-8-19(14-34)25(18)33-27-23(28)6-4-16(2)32-27/h4-7,9,11-12,15,18-19,25H,3,8,13-14H2,1-2H3,(H,32,33)/t18-,19+,25?. The van der Waals surface area contributed by atoms with Crippen molar-refractivity contribution in [3.05, 3.63) is 66.0 Å². The van der Waals surface area contributed by atoms with Crippen LogP contribution in [0.1, 0.15) is 24.6 Å². The van der Waals surface area contributed by atoms with Crippen LogP contribution in [-0.4, -0.2) is 45.3 Å². The highest BCUT2D eigenvalue weighted by Crippen LogP contribution is 2.43. The van der Waals surface area contributed by atoms with Crippen LogP contribution in [0.15, 0.2) is 48.9 Å². The predicted octanol–water partition coefficient (Wildman–Crippen LogP) is 4.45. The highest BCUT2D eigenvalue weighted by Gasteiger charge is 2.47. The van der Waals surface area contributed by atoms with Gasteiger partial charge in [0.25, 0.3) is 0 Å². The Morgan fingerprint density at radius 3 is 2.75 bits per heavy atom. The minimum absolute atomic E-state index is 0.227. The van der Waals surface area contributed by atoms with Crippen LogP contribution in [0.5, 0.6) is 5.75 Å². The number of pyridine rings is 3. The van der Waals surface area contributed by atoms with Crippen LogP contribution in [0.25, 0.3) is 16.6 Å². The van der Waals surface area contributed by atoms with E-state index in [2.05, 4.69) is 26.4 Å². The van der Waals surface area contributed by atoms with Gasteiger partial charge < -0.3 is 15.0 Å². The fourth-order valence-corrected chi connectivity index (χ4v) is 5.49. The van der Waals surface area contributed by atoms with Gasteiger partial charge >= 0.3 is 0 Å². The number of piperidine rings is 2. The average Bonchev–Trinajstić information content (AvgIpc) is 3.32. The molecule has 0 radical (unpaired) electrons. The lowest BCUT2D eigenvalue weighted by Crippen LogP contribution is -2.61. The summed E-state index contributed by atoms with van der Waals surface area (Å²) in [6.45, 7) is 6.06. The Labute approximate surface area is 208 Å². The van der Waals surface area contributed by atoms with Crippen LogP contribution >= 0.6 is 0 Å². The lowest BCUT2D eigenvalue weighted by Gasteiger charge is -2.54. The van der Waals surface area contributed by atoms with Gasteiger partial charge in [-0.1, -0.05) is 0 Å². The van der Waals surface area contributed by atoms with E-state index in [0.29, 0.717) is 35.6 Å². The van der Waals surface area contributed by atoms with Crippen molar-refractivity contribution in [3.63, 3.8) is 0 Å². The molecule has 182 valence electrons. The summed E-state index contributed by atoms with van der Waals surface area (Å²) in [7, 11) is 0. The monoisotopic (exact) mass is 483 g/mol. The number of ether oxygens (including phenoxy) is 1. The zero-order valence-electron chi connectivity index (χ0n) is 20.1. The molecular weight excluding hydrogens is 457 g/mol. The van der Waals surface area contributed by atoms with E-state index < -0.39 is 0 Å². The van der Waals surface area contributed by atoms with Crippen molar-refractivity contribution >= 4 is 17.2 Å². The second-order valence-electron chi connectivity index (χ2n) is 9.50. The van der Waals surface area contributed by atoms with Crippen molar-refractivity contribution in [2.75, 3.05) is 29.9 Å². The Balaban J connectivity index is 1.22. The molecule has 2 aliphatic heterocycles. The van der Waals surface area contributed by atoms with Gasteiger partial charge in [0.1, 0.15) is 17.6 Å². The van der Waals surface area contributed by atoms with E-state index in [4.69, 9.17) is 9.72 Å². The first-order valence-electron chi connectivity index (χ1n) is 12.2. The molecule has 2 bridgehead atoms. The Morgan fingerprint density at radius 1 is 1.19 bits per heavy atom. The molecule has 2 saturated heterocycles. The SMILES string of the molecule is CCOc1cc(-c2ccc(N3C[C@H]4C[C@@H](C3)C4Nc3nc(C)ccc3F)nc2)c2c(C#N)cnn2c1. The molecule has 6 heterocycles. The maximum atomic E-state index is 14.2. The van der Waals surface area contributed by atoms with Crippen LogP contribution in [0.4, 0.5) is 16.0 Å². The molecule has 1 saturated carbocycles. The van der Waals surface area contributed by atoms with Gasteiger partial charge in [-0.05, 0) is 62.4 Å². The molecule has 1 aliphatic carbocycles. The van der Waals surface area contributed by atoms with Crippen LogP contribution in [0.2, 0.25) is 0 Å². The third-order valence-corrected chi connectivity index (χ3v) is 7.22. The van der Waals surface area contributed by atoms with E-state index in [1.54, 1.807) is 23.0 Å². The molecule has 7 rings (SSSR count). The maximum Gasteiger partial charge on any atom is 0.165 e. The van der Waals surface area contributed by atoms with Crippen molar-refractivity contribution in [1.82, 2.24) is 19.6 Å². The first-order valence-corrected chi connectivity index (χ1v) is 12.2. The summed E-state index contributed by atoms with van der Waals surface area (Å²) in [6, 6.07) is 11.6. The average molecular weight is 484 g/mol. The number of nitrogens with zero attached hydrogens (tertiary/aromatic N) is 6. The molecule has 8 nitrogen and oxygen atoms in total. The van der Waals surface area contributed by atoms with Gasteiger partial charge in [0.2, 0.25) is 0 Å². The topological polar surface area (TPSA) is 91.4 Å². The van der Waals surface area contributed by atoms with Gasteiger partial charge in [0, 0.05) is 42.1 Å². The molecule has 0 spiro atoms. The lowest BCUT2D eigenvalue weighted by atomic mass is 9.66. The van der Waals surface area contributed by atoms with Gasteiger partial charge in [0.15, 0.2) is 11.6 Å². The molecule has 0 aromatic carbocycles. The first kappa shape index (κ1) is 22.3. The van der Waals surface area contributed by atoms with Crippen LogP contribution in [0, 0.1) is 35.9 Å². The summed E-state index contributed by atoms with van der Waals surface area (Å²) >= 11 is 0. The van der Waals surface area contributed by atoms with Gasteiger partial charge in [-0.3, -0.25) is 0 Å². The zero-order valence-corrected chi connectivity index (χ0v) is 20.1. The van der Waals surface area contributed by atoms with Crippen LogP contribution in [-0.2, 0) is 0 Å². The molecule has 9 heteroatoms. The molecule has 1 unspecified atom stereocenters. The van der Waals surface area contributed by atoms with Crippen LogP contribution in [0.3, 0.4) is 0 Å². The fraction of sp³-hybridized carbons (Fsp3) is 0.333. The number of nitriles is 1. The Bertz CT molecular complexity index is 1460. The molecular formula is C27H26FN7O. The van der Waals surface area contributed by atoms with Gasteiger partial charge in [-0.25, -0.2) is 18.9 Å². The maximum absolute atomic E-state index is 14.2. The van der Waals surface area contributed by atoms with E-state index in [0.717, 1.165) is 47.7 Å². The molecule has 3 aliphatic rings. The van der Waals surface area contributed by atoms with E-state index in [9.17, 15) is 9.65 Å². The summed E-state index contributed by atoms with van der Waals surface area (Å²) in [4.78, 5) is 11.4. The number of rotatable bonds is 6. The van der Waals surface area contributed by atoms with Gasteiger partial charge in [0.05, 0.1) is 30.1 Å². The van der Waals surface area contributed by atoms with E-state index in [1.807, 2.05) is 38.2 Å². The summed E-state index contributed by atoms with van der Waals surface area (Å²) < 4.78 is 21.6. The van der Waals surface area contributed by atoms with E-state index in [1.165, 1.54) is 6.07 Å². The zero-order chi connectivity index (χ0) is 24.8. The summed E-state index contributed by atoms with van der Waals surface area (Å²) in [6.07, 6.45) is 6.32. The Hall–Kier alpha value is -4.19. The Morgan fingerprint density at radius 2 is 2.03 bits per heavy atom. The fourth-order valence-electron chi connectivity index (χ4n) is 5.49. The predicted molar refractivity (Wildman–Crippen MR) is 134 cm³/mol. The molecule has 3 fully saturated rings. The lowest BCUT2D eigenvalue weighted by molar-refractivity contribution is 0.129. The largest absolute Gasteiger partial charge is 0.492 e. The van der Waals surface area contributed by atoms with E-state index in [-0.39, 0.29) is 11.9 Å². The molecule has 4 aromatic rings. The summed E-state index contributed by atoms with van der Waals surface area (Å²) in [5.74, 6) is 2.48. The summed E-state index contributed by atoms with van der Waals surface area (Å²) in [5.41, 5.74) is 3.79. The third kappa shape index (κ3) is 3.79. The molecule has 1 N–H and O–H groups in total. The second kappa shape index (κ2) is 8.79. The number of hydrogen-bond acceptors (Lipinski definition) is 7. The smallest absolute Gasteiger partial charge is 0.165 e. The number of anilines is 2.